The molecule has 18 heavy (non-hydrogen) atoms. The highest BCUT2D eigenvalue weighted by Crippen LogP contribution is 2.24. The smallest absolute Gasteiger partial charge is 0.242 e. The van der Waals surface area contributed by atoms with E-state index >= 15 is 0 Å². The number of ether oxygens (including phenoxy) is 1. The summed E-state index contributed by atoms with van der Waals surface area (Å²) in [6, 6.07) is 7.43. The minimum Gasteiger partial charge on any atom is -0.373 e. The van der Waals surface area contributed by atoms with Crippen molar-refractivity contribution in [1.82, 2.24) is 0 Å². The topological polar surface area (TPSA) is 64.3 Å². The van der Waals surface area contributed by atoms with E-state index < -0.39 is 6.04 Å². The fraction of sp³-hybridized carbons (Fsp3) is 0.500. The highest BCUT2D eigenvalue weighted by molar-refractivity contribution is 5.83. The van der Waals surface area contributed by atoms with Crippen molar-refractivity contribution in [3.05, 3.63) is 29.8 Å². The summed E-state index contributed by atoms with van der Waals surface area (Å²) < 4.78 is 5.72. The summed E-state index contributed by atoms with van der Waals surface area (Å²) in [5.41, 5.74) is 7.51. The zero-order valence-corrected chi connectivity index (χ0v) is 10.8. The number of benzene rings is 1. The van der Waals surface area contributed by atoms with Crippen LogP contribution in [-0.2, 0) is 9.53 Å². The van der Waals surface area contributed by atoms with Crippen molar-refractivity contribution in [2.24, 2.45) is 5.73 Å². The normalized spacial score (nSPS) is 24.8. The first-order valence-electron chi connectivity index (χ1n) is 6.34. The molecule has 0 radical (unpaired) electrons. The molecule has 0 bridgehead atoms. The van der Waals surface area contributed by atoms with Gasteiger partial charge in [0.25, 0.3) is 0 Å². The maximum Gasteiger partial charge on any atom is 0.242 e. The number of aryl methyl sites for hydroxylation is 1. The summed E-state index contributed by atoms with van der Waals surface area (Å²) in [7, 11) is 0. The quantitative estimate of drug-likeness (QED) is 0.854. The number of nitrogens with one attached hydrogen (secondary N) is 1. The Kier molecular flexibility index (Phi) is 3.87. The minimum absolute atomic E-state index is 0.127. The number of carbonyl (C=O) groups is 1. The van der Waals surface area contributed by atoms with Gasteiger partial charge in [-0.1, -0.05) is 12.1 Å². The van der Waals surface area contributed by atoms with Crippen molar-refractivity contribution in [1.29, 1.82) is 0 Å². The van der Waals surface area contributed by atoms with Gasteiger partial charge < -0.3 is 15.8 Å². The molecule has 0 saturated carbocycles. The molecule has 3 unspecified atom stereocenters. The third-order valence-electron chi connectivity index (χ3n) is 3.28. The first-order chi connectivity index (χ1) is 8.56. The second-order valence-corrected chi connectivity index (χ2v) is 4.96. The lowest BCUT2D eigenvalue weighted by atomic mass is 10.1. The average Bonchev–Trinajstić information content (AvgIpc) is 2.72. The van der Waals surface area contributed by atoms with Crippen molar-refractivity contribution in [2.75, 3.05) is 5.32 Å². The predicted octanol–water partition coefficient (Wildman–Crippen LogP) is 1.83. The van der Waals surface area contributed by atoms with Crippen LogP contribution in [0.3, 0.4) is 0 Å². The van der Waals surface area contributed by atoms with Gasteiger partial charge in [0.2, 0.25) is 5.91 Å². The molecule has 1 aliphatic heterocycles. The van der Waals surface area contributed by atoms with Crippen molar-refractivity contribution >= 4 is 11.6 Å². The SMILES string of the molecule is Cc1cccc(NC(C(N)=O)C2CCC(C)O2)c1. The van der Waals surface area contributed by atoms with E-state index in [0.717, 1.165) is 24.1 Å². The molecule has 1 aromatic carbocycles. The van der Waals surface area contributed by atoms with Crippen LogP contribution in [0.4, 0.5) is 5.69 Å². The van der Waals surface area contributed by atoms with E-state index in [-0.39, 0.29) is 18.1 Å². The molecule has 0 aromatic heterocycles. The van der Waals surface area contributed by atoms with Gasteiger partial charge in [0, 0.05) is 5.69 Å². The molecule has 0 aliphatic carbocycles. The lowest BCUT2D eigenvalue weighted by Gasteiger charge is -2.23. The largest absolute Gasteiger partial charge is 0.373 e. The Balaban J connectivity index is 2.09. The molecule has 3 N–H and O–H groups in total. The number of hydrogen-bond donors (Lipinski definition) is 2. The Bertz CT molecular complexity index is 434. The van der Waals surface area contributed by atoms with Crippen molar-refractivity contribution in [3.8, 4) is 0 Å². The van der Waals surface area contributed by atoms with Crippen LogP contribution in [-0.4, -0.2) is 24.2 Å². The van der Waals surface area contributed by atoms with Crippen LogP contribution in [0.25, 0.3) is 0 Å². The van der Waals surface area contributed by atoms with Gasteiger partial charge in [-0.2, -0.15) is 0 Å². The van der Waals surface area contributed by atoms with Crippen LogP contribution in [0.15, 0.2) is 24.3 Å². The Hall–Kier alpha value is -1.55. The lowest BCUT2D eigenvalue weighted by Crippen LogP contribution is -2.44. The summed E-state index contributed by atoms with van der Waals surface area (Å²) in [5.74, 6) is -0.365. The van der Waals surface area contributed by atoms with E-state index in [0.29, 0.717) is 0 Å². The minimum atomic E-state index is -0.461. The first-order valence-corrected chi connectivity index (χ1v) is 6.34. The number of rotatable bonds is 4. The van der Waals surface area contributed by atoms with Crippen molar-refractivity contribution in [2.45, 2.75) is 44.9 Å². The molecule has 4 nitrogen and oxygen atoms in total. The van der Waals surface area contributed by atoms with Gasteiger partial charge in [0.15, 0.2) is 0 Å². The summed E-state index contributed by atoms with van der Waals surface area (Å²) in [6.07, 6.45) is 1.92. The second-order valence-electron chi connectivity index (χ2n) is 4.96. The Morgan fingerprint density at radius 2 is 2.28 bits per heavy atom. The van der Waals surface area contributed by atoms with Gasteiger partial charge in [0.05, 0.1) is 12.2 Å². The van der Waals surface area contributed by atoms with E-state index in [9.17, 15) is 4.79 Å². The third-order valence-corrected chi connectivity index (χ3v) is 3.28. The molecule has 3 atom stereocenters. The van der Waals surface area contributed by atoms with Gasteiger partial charge in [-0.05, 0) is 44.4 Å². The molecule has 98 valence electrons. The fourth-order valence-electron chi connectivity index (χ4n) is 2.34. The Morgan fingerprint density at radius 3 is 2.83 bits per heavy atom. The number of hydrogen-bond acceptors (Lipinski definition) is 3. The van der Waals surface area contributed by atoms with Crippen LogP contribution in [0.1, 0.15) is 25.3 Å². The van der Waals surface area contributed by atoms with Crippen LogP contribution in [0.2, 0.25) is 0 Å². The fourth-order valence-corrected chi connectivity index (χ4v) is 2.34. The number of carbonyl (C=O) groups excluding carboxylic acids is 1. The van der Waals surface area contributed by atoms with Crippen molar-refractivity contribution in [3.63, 3.8) is 0 Å². The van der Waals surface area contributed by atoms with Gasteiger partial charge in [0.1, 0.15) is 6.04 Å². The van der Waals surface area contributed by atoms with E-state index in [1.807, 2.05) is 38.1 Å². The number of nitrogens with two attached hydrogens (primary N) is 1. The predicted molar refractivity (Wildman–Crippen MR) is 71.4 cm³/mol. The molecule has 1 aromatic rings. The zero-order chi connectivity index (χ0) is 13.1. The standard InChI is InChI=1S/C14H20N2O2/c1-9-4-3-5-11(8-9)16-13(14(15)17)12-7-6-10(2)18-12/h3-5,8,10,12-13,16H,6-7H2,1-2H3,(H2,15,17). The highest BCUT2D eigenvalue weighted by Gasteiger charge is 2.33. The summed E-state index contributed by atoms with van der Waals surface area (Å²) in [4.78, 5) is 11.6. The van der Waals surface area contributed by atoms with Crippen LogP contribution in [0, 0.1) is 6.92 Å². The second kappa shape index (κ2) is 5.40. The van der Waals surface area contributed by atoms with E-state index in [1.165, 1.54) is 0 Å². The van der Waals surface area contributed by atoms with Gasteiger partial charge in [-0.15, -0.1) is 0 Å². The number of amides is 1. The molecule has 1 amide bonds. The first kappa shape index (κ1) is 12.9. The van der Waals surface area contributed by atoms with Gasteiger partial charge in [-0.25, -0.2) is 0 Å². The third kappa shape index (κ3) is 3.01. The van der Waals surface area contributed by atoms with Crippen LogP contribution >= 0.6 is 0 Å². The molecule has 1 fully saturated rings. The maximum atomic E-state index is 11.6. The maximum absolute atomic E-state index is 11.6. The highest BCUT2D eigenvalue weighted by atomic mass is 16.5. The van der Waals surface area contributed by atoms with E-state index in [2.05, 4.69) is 5.32 Å². The van der Waals surface area contributed by atoms with Crippen LogP contribution in [0.5, 0.6) is 0 Å². The van der Waals surface area contributed by atoms with E-state index in [4.69, 9.17) is 10.5 Å². The molecule has 4 heteroatoms. The zero-order valence-electron chi connectivity index (χ0n) is 10.8. The molecule has 2 rings (SSSR count). The Labute approximate surface area is 108 Å². The molecular formula is C14H20N2O2. The van der Waals surface area contributed by atoms with Crippen molar-refractivity contribution < 1.29 is 9.53 Å². The molecule has 1 aliphatic rings. The lowest BCUT2D eigenvalue weighted by molar-refractivity contribution is -0.121. The number of anilines is 1. The van der Waals surface area contributed by atoms with Crippen LogP contribution < -0.4 is 11.1 Å². The molecule has 1 heterocycles. The summed E-state index contributed by atoms with van der Waals surface area (Å²) in [6.45, 7) is 4.03. The monoisotopic (exact) mass is 248 g/mol. The molecule has 0 spiro atoms. The summed E-state index contributed by atoms with van der Waals surface area (Å²) in [5, 5.41) is 3.18. The number of primary amides is 1. The van der Waals surface area contributed by atoms with Gasteiger partial charge >= 0.3 is 0 Å². The Morgan fingerprint density at radius 1 is 1.50 bits per heavy atom. The van der Waals surface area contributed by atoms with E-state index in [1.54, 1.807) is 0 Å². The average molecular weight is 248 g/mol. The molecule has 1 saturated heterocycles. The van der Waals surface area contributed by atoms with Gasteiger partial charge in [-0.3, -0.25) is 4.79 Å². The molecular weight excluding hydrogens is 228 g/mol. The summed E-state index contributed by atoms with van der Waals surface area (Å²) >= 11 is 0.